The van der Waals surface area contributed by atoms with Crippen LogP contribution in [0.4, 0.5) is 0 Å². The third-order valence-electron chi connectivity index (χ3n) is 6.07. The monoisotopic (exact) mass is 347 g/mol. The van der Waals surface area contributed by atoms with Crippen LogP contribution >= 0.6 is 11.3 Å². The van der Waals surface area contributed by atoms with Gasteiger partial charge >= 0.3 is 0 Å². The molecule has 1 aromatic heterocycles. The number of nitrogens with zero attached hydrogens (tertiary/aromatic N) is 4. The number of nitrogens with two attached hydrogens (primary N) is 1. The molecule has 0 saturated carbocycles. The van der Waals surface area contributed by atoms with E-state index < -0.39 is 5.41 Å². The van der Waals surface area contributed by atoms with E-state index in [1.165, 1.54) is 0 Å². The molecule has 1 aromatic rings. The molecule has 2 N–H and O–H groups in total. The van der Waals surface area contributed by atoms with Gasteiger partial charge in [0.05, 0.1) is 23.4 Å². The van der Waals surface area contributed by atoms with Gasteiger partial charge in [0.1, 0.15) is 6.07 Å². The maximum absolute atomic E-state index is 10.00. The summed E-state index contributed by atoms with van der Waals surface area (Å²) in [5, 5.41) is 31.7. The molecular formula is C19H17N5S. The molecule has 3 unspecified atom stereocenters. The Morgan fingerprint density at radius 3 is 2.64 bits per heavy atom. The van der Waals surface area contributed by atoms with Crippen molar-refractivity contribution in [3.8, 4) is 18.2 Å². The number of fused-ring (bicyclic) bond motifs is 4. The van der Waals surface area contributed by atoms with E-state index in [0.717, 1.165) is 23.3 Å². The van der Waals surface area contributed by atoms with E-state index in [1.807, 2.05) is 17.5 Å². The lowest BCUT2D eigenvalue weighted by molar-refractivity contribution is 0.162. The van der Waals surface area contributed by atoms with Crippen molar-refractivity contribution in [3.63, 3.8) is 0 Å². The Labute approximate surface area is 150 Å². The van der Waals surface area contributed by atoms with Gasteiger partial charge in [-0.3, -0.25) is 4.90 Å². The summed E-state index contributed by atoms with van der Waals surface area (Å²) in [7, 11) is 2.09. The number of likely N-dealkylation sites (N-methyl/N-ethyl adjacent to an activating group) is 1. The third kappa shape index (κ3) is 1.89. The first kappa shape index (κ1) is 15.9. The fourth-order valence-corrected chi connectivity index (χ4v) is 5.80. The van der Waals surface area contributed by atoms with Gasteiger partial charge in [0, 0.05) is 28.8 Å². The zero-order chi connectivity index (χ0) is 17.8. The lowest BCUT2D eigenvalue weighted by atomic mass is 9.58. The smallest absolute Gasteiger partial charge is 0.192 e. The van der Waals surface area contributed by atoms with E-state index in [9.17, 15) is 15.8 Å². The molecule has 4 rings (SSSR count). The molecule has 2 aliphatic heterocycles. The van der Waals surface area contributed by atoms with E-state index >= 15 is 0 Å². The normalized spacial score (nSPS) is 33.0. The predicted octanol–water partition coefficient (Wildman–Crippen LogP) is 2.63. The van der Waals surface area contributed by atoms with Crippen molar-refractivity contribution in [1.29, 1.82) is 15.8 Å². The van der Waals surface area contributed by atoms with Crippen LogP contribution in [0.1, 0.15) is 23.6 Å². The van der Waals surface area contributed by atoms with Gasteiger partial charge in [-0.05, 0) is 36.9 Å². The van der Waals surface area contributed by atoms with Crippen LogP contribution in [0, 0.1) is 45.3 Å². The van der Waals surface area contributed by atoms with Crippen molar-refractivity contribution in [1.82, 2.24) is 4.90 Å². The average Bonchev–Trinajstić information content (AvgIpc) is 3.21. The van der Waals surface area contributed by atoms with Crippen molar-refractivity contribution in [2.24, 2.45) is 17.1 Å². The highest BCUT2D eigenvalue weighted by molar-refractivity contribution is 7.10. The minimum Gasteiger partial charge on any atom is -0.399 e. The first-order valence-electron chi connectivity index (χ1n) is 8.29. The van der Waals surface area contributed by atoms with Gasteiger partial charge in [-0.1, -0.05) is 12.1 Å². The molecule has 25 heavy (non-hydrogen) atoms. The summed E-state index contributed by atoms with van der Waals surface area (Å²) in [5.74, 6) is -0.416. The topological polar surface area (TPSA) is 101 Å². The van der Waals surface area contributed by atoms with E-state index in [-0.39, 0.29) is 23.6 Å². The number of thiophene rings is 1. The minimum atomic E-state index is -1.51. The fourth-order valence-electron chi connectivity index (χ4n) is 4.86. The Balaban J connectivity index is 2.05. The lowest BCUT2D eigenvalue weighted by Gasteiger charge is -2.47. The zero-order valence-corrected chi connectivity index (χ0v) is 14.6. The van der Waals surface area contributed by atoms with Crippen LogP contribution in [0.5, 0.6) is 0 Å². The van der Waals surface area contributed by atoms with E-state index in [0.29, 0.717) is 11.6 Å². The molecule has 3 aliphatic rings. The van der Waals surface area contributed by atoms with Crippen LogP contribution in [-0.2, 0) is 0 Å². The molecule has 5 nitrogen and oxygen atoms in total. The average molecular weight is 347 g/mol. The van der Waals surface area contributed by atoms with E-state index in [4.69, 9.17) is 5.73 Å². The number of allylic oxidation sites excluding steroid dienone is 2. The second-order valence-electron chi connectivity index (χ2n) is 6.95. The summed E-state index contributed by atoms with van der Waals surface area (Å²) in [5.41, 5.74) is 6.19. The summed E-state index contributed by atoms with van der Waals surface area (Å²) >= 11 is 1.55. The zero-order valence-electron chi connectivity index (χ0n) is 13.8. The third-order valence-corrected chi connectivity index (χ3v) is 7.03. The van der Waals surface area contributed by atoms with Gasteiger partial charge in [-0.15, -0.1) is 11.3 Å². The predicted molar refractivity (Wildman–Crippen MR) is 93.7 cm³/mol. The Morgan fingerprint density at radius 1 is 1.28 bits per heavy atom. The summed E-state index contributed by atoms with van der Waals surface area (Å²) in [6, 6.07) is 11.0. The molecular weight excluding hydrogens is 330 g/mol. The second-order valence-corrected chi connectivity index (χ2v) is 7.93. The van der Waals surface area contributed by atoms with Crippen LogP contribution in [0.2, 0.25) is 0 Å². The maximum Gasteiger partial charge on any atom is 0.192 e. The van der Waals surface area contributed by atoms with Gasteiger partial charge in [0.15, 0.2) is 5.41 Å². The van der Waals surface area contributed by atoms with Gasteiger partial charge < -0.3 is 5.73 Å². The van der Waals surface area contributed by atoms with Crippen LogP contribution in [0.25, 0.3) is 0 Å². The van der Waals surface area contributed by atoms with Crippen LogP contribution < -0.4 is 5.73 Å². The fraction of sp³-hybridized carbons (Fsp3) is 0.421. The van der Waals surface area contributed by atoms with Crippen molar-refractivity contribution >= 4 is 11.3 Å². The lowest BCUT2D eigenvalue weighted by Crippen LogP contribution is -2.51. The van der Waals surface area contributed by atoms with Crippen LogP contribution in [0.15, 0.2) is 40.4 Å². The number of hydrogen-bond acceptors (Lipinski definition) is 6. The first-order valence-corrected chi connectivity index (χ1v) is 9.17. The van der Waals surface area contributed by atoms with Gasteiger partial charge in [0.25, 0.3) is 0 Å². The molecule has 1 aliphatic carbocycles. The van der Waals surface area contributed by atoms with Crippen molar-refractivity contribution in [3.05, 3.63) is 45.3 Å². The van der Waals surface area contributed by atoms with Gasteiger partial charge in [-0.2, -0.15) is 15.8 Å². The molecule has 1 fully saturated rings. The molecule has 3 heterocycles. The largest absolute Gasteiger partial charge is 0.399 e. The SMILES string of the molecule is CN1C2C=C3C(C#N)=C(N)C(C#N)(C#N)[C@@H](c4cccs4)C3C1CC2. The van der Waals surface area contributed by atoms with Gasteiger partial charge in [0.2, 0.25) is 0 Å². The Morgan fingerprint density at radius 2 is 2.04 bits per heavy atom. The molecule has 0 spiro atoms. The molecule has 2 bridgehead atoms. The van der Waals surface area contributed by atoms with Crippen LogP contribution in [-0.4, -0.2) is 24.0 Å². The highest BCUT2D eigenvalue weighted by atomic mass is 32.1. The molecule has 0 radical (unpaired) electrons. The van der Waals surface area contributed by atoms with E-state index in [1.54, 1.807) is 11.3 Å². The number of nitriles is 3. The Kier molecular flexibility index (Phi) is 3.48. The maximum atomic E-state index is 10.00. The standard InChI is InChI=1S/C19H17N5S/c1-24-11-4-5-14(24)16-12(7-11)13(8-20)18(23)19(9-21,10-22)17(16)15-3-2-6-25-15/h2-3,6-7,11,14,16-17H,4-5,23H2,1H3/t11?,14?,16?,17-/m0/s1. The minimum absolute atomic E-state index is 0.0661. The molecule has 1 saturated heterocycles. The first-order chi connectivity index (χ1) is 12.1. The molecule has 6 heteroatoms. The molecule has 124 valence electrons. The van der Waals surface area contributed by atoms with Crippen molar-refractivity contribution in [2.45, 2.75) is 30.8 Å². The summed E-state index contributed by atoms with van der Waals surface area (Å²) in [6.45, 7) is 0. The summed E-state index contributed by atoms with van der Waals surface area (Å²) in [6.07, 6.45) is 4.17. The number of rotatable bonds is 1. The van der Waals surface area contributed by atoms with Crippen LogP contribution in [0.3, 0.4) is 0 Å². The highest BCUT2D eigenvalue weighted by Gasteiger charge is 2.58. The molecule has 0 aromatic carbocycles. The van der Waals surface area contributed by atoms with Crippen molar-refractivity contribution < 1.29 is 0 Å². The summed E-state index contributed by atoms with van der Waals surface area (Å²) < 4.78 is 0. The summed E-state index contributed by atoms with van der Waals surface area (Å²) in [4.78, 5) is 3.31. The number of hydrogen-bond donors (Lipinski definition) is 1. The van der Waals surface area contributed by atoms with Crippen molar-refractivity contribution in [2.75, 3.05) is 7.05 Å². The molecule has 0 amide bonds. The quantitative estimate of drug-likeness (QED) is 0.841. The van der Waals surface area contributed by atoms with Gasteiger partial charge in [-0.25, -0.2) is 0 Å². The molecule has 4 atom stereocenters. The Bertz CT molecular complexity index is 891. The second kappa shape index (κ2) is 5.46. The Hall–Kier alpha value is -2.59. The highest BCUT2D eigenvalue weighted by Crippen LogP contribution is 2.58. The van der Waals surface area contributed by atoms with E-state index in [2.05, 4.69) is 36.2 Å².